The number of benzene rings is 2. The Balaban J connectivity index is 1.53. The standard InChI is InChI=1S/C22H19F5N2O4S2/c1-32-12-7-11(8-13(9-12)33-2)15-10-34-22(28-15)29-5-3-14(4-6-29)35(30,31)21-19(26)17(24)16(23)18(25)20(21)27/h7-10,14H,3-6H2,1-2H3. The van der Waals surface area contributed by atoms with Crippen LogP contribution in [0.5, 0.6) is 11.5 Å². The van der Waals surface area contributed by atoms with E-state index in [4.69, 9.17) is 9.47 Å². The number of rotatable bonds is 6. The van der Waals surface area contributed by atoms with Gasteiger partial charge in [0.25, 0.3) is 0 Å². The largest absolute Gasteiger partial charge is 0.497 e. The number of hydrogen-bond acceptors (Lipinski definition) is 7. The monoisotopic (exact) mass is 534 g/mol. The number of thiazole rings is 1. The first kappa shape index (κ1) is 25.2. The van der Waals surface area contributed by atoms with Crippen LogP contribution in [0.4, 0.5) is 27.1 Å². The van der Waals surface area contributed by atoms with Gasteiger partial charge in [-0.15, -0.1) is 11.3 Å². The molecule has 0 amide bonds. The van der Waals surface area contributed by atoms with E-state index in [1.54, 1.807) is 28.5 Å². The van der Waals surface area contributed by atoms with Gasteiger partial charge in [-0.2, -0.15) is 0 Å². The van der Waals surface area contributed by atoms with E-state index < -0.39 is 49.1 Å². The minimum atomic E-state index is -4.81. The van der Waals surface area contributed by atoms with Gasteiger partial charge in [-0.05, 0) is 25.0 Å². The average molecular weight is 535 g/mol. The number of nitrogens with zero attached hydrogens (tertiary/aromatic N) is 2. The van der Waals surface area contributed by atoms with Gasteiger partial charge in [0.2, 0.25) is 5.82 Å². The average Bonchev–Trinajstić information content (AvgIpc) is 3.36. The van der Waals surface area contributed by atoms with Crippen LogP contribution >= 0.6 is 11.3 Å². The summed E-state index contributed by atoms with van der Waals surface area (Å²) >= 11 is 1.32. The molecule has 0 radical (unpaired) electrons. The summed E-state index contributed by atoms with van der Waals surface area (Å²) in [7, 11) is -1.77. The molecule has 6 nitrogen and oxygen atoms in total. The van der Waals surface area contributed by atoms with E-state index in [1.807, 2.05) is 0 Å². The number of ether oxygens (including phenoxy) is 2. The van der Waals surface area contributed by atoms with Crippen molar-refractivity contribution in [2.75, 3.05) is 32.2 Å². The van der Waals surface area contributed by atoms with Crippen molar-refractivity contribution in [2.45, 2.75) is 23.0 Å². The topological polar surface area (TPSA) is 68.7 Å². The van der Waals surface area contributed by atoms with Crippen LogP contribution in [-0.4, -0.2) is 46.0 Å². The summed E-state index contributed by atoms with van der Waals surface area (Å²) in [5, 5.41) is 1.09. The van der Waals surface area contributed by atoms with E-state index in [0.717, 1.165) is 5.56 Å². The SMILES string of the molecule is COc1cc(OC)cc(-c2csc(N3CCC(S(=O)(=O)c4c(F)c(F)c(F)c(F)c4F)CC3)n2)c1. The molecule has 1 aromatic heterocycles. The maximum absolute atomic E-state index is 14.1. The Morgan fingerprint density at radius 2 is 1.40 bits per heavy atom. The second-order valence-corrected chi connectivity index (χ2v) is 10.7. The molecule has 2 heterocycles. The van der Waals surface area contributed by atoms with Gasteiger partial charge in [-0.1, -0.05) is 0 Å². The molecule has 1 saturated heterocycles. The number of hydrogen-bond donors (Lipinski definition) is 0. The first-order valence-electron chi connectivity index (χ1n) is 10.3. The summed E-state index contributed by atoms with van der Waals surface area (Å²) in [6, 6.07) is 5.28. The van der Waals surface area contributed by atoms with Gasteiger partial charge >= 0.3 is 0 Å². The molecule has 1 fully saturated rings. The third-order valence-corrected chi connectivity index (χ3v) is 8.92. The minimum absolute atomic E-state index is 0.0796. The van der Waals surface area contributed by atoms with Crippen LogP contribution in [0.2, 0.25) is 0 Å². The maximum Gasteiger partial charge on any atom is 0.200 e. The molecule has 35 heavy (non-hydrogen) atoms. The Morgan fingerprint density at radius 1 is 0.886 bits per heavy atom. The minimum Gasteiger partial charge on any atom is -0.497 e. The molecule has 188 valence electrons. The number of piperidine rings is 1. The van der Waals surface area contributed by atoms with E-state index in [9.17, 15) is 30.4 Å². The van der Waals surface area contributed by atoms with Crippen molar-refractivity contribution < 1.29 is 39.8 Å². The second kappa shape index (κ2) is 9.61. The summed E-state index contributed by atoms with van der Waals surface area (Å²) < 4.78 is 105. The number of sulfone groups is 1. The van der Waals surface area contributed by atoms with Crippen molar-refractivity contribution in [1.29, 1.82) is 0 Å². The smallest absolute Gasteiger partial charge is 0.200 e. The maximum atomic E-state index is 14.1. The molecule has 0 N–H and O–H groups in total. The lowest BCUT2D eigenvalue weighted by Crippen LogP contribution is -2.40. The molecule has 1 aliphatic rings. The molecule has 1 aliphatic heterocycles. The van der Waals surface area contributed by atoms with Gasteiger partial charge in [0, 0.05) is 30.1 Å². The highest BCUT2D eigenvalue weighted by Gasteiger charge is 2.39. The van der Waals surface area contributed by atoms with Crippen LogP contribution < -0.4 is 14.4 Å². The van der Waals surface area contributed by atoms with E-state index in [-0.39, 0.29) is 25.9 Å². The van der Waals surface area contributed by atoms with Crippen molar-refractivity contribution in [3.8, 4) is 22.8 Å². The van der Waals surface area contributed by atoms with Gasteiger partial charge in [0.1, 0.15) is 16.4 Å². The molecule has 2 aromatic carbocycles. The van der Waals surface area contributed by atoms with Crippen LogP contribution in [-0.2, 0) is 9.84 Å². The molecule has 3 aromatic rings. The van der Waals surface area contributed by atoms with Crippen LogP contribution in [0.3, 0.4) is 0 Å². The van der Waals surface area contributed by atoms with E-state index in [0.29, 0.717) is 22.3 Å². The fourth-order valence-corrected chi connectivity index (χ4v) is 6.59. The zero-order valence-corrected chi connectivity index (χ0v) is 20.1. The Morgan fingerprint density at radius 3 is 1.91 bits per heavy atom. The van der Waals surface area contributed by atoms with E-state index >= 15 is 0 Å². The number of halogens is 5. The zero-order valence-electron chi connectivity index (χ0n) is 18.4. The molecule has 0 atom stereocenters. The first-order valence-corrected chi connectivity index (χ1v) is 12.7. The number of methoxy groups -OCH3 is 2. The molecule has 4 rings (SSSR count). The molecule has 0 aliphatic carbocycles. The van der Waals surface area contributed by atoms with Gasteiger partial charge in [-0.25, -0.2) is 35.4 Å². The third-order valence-electron chi connectivity index (χ3n) is 5.74. The summed E-state index contributed by atoms with van der Waals surface area (Å²) in [6.07, 6.45) is -0.159. The lowest BCUT2D eigenvalue weighted by Gasteiger charge is -2.31. The van der Waals surface area contributed by atoms with Crippen molar-refractivity contribution in [1.82, 2.24) is 4.98 Å². The number of aromatic nitrogens is 1. The Labute approximate surface area is 201 Å². The van der Waals surface area contributed by atoms with Crippen LogP contribution in [0.25, 0.3) is 11.3 Å². The Kier molecular flexibility index (Phi) is 6.91. The first-order chi connectivity index (χ1) is 16.6. The van der Waals surface area contributed by atoms with Crippen LogP contribution in [0.15, 0.2) is 28.5 Å². The lowest BCUT2D eigenvalue weighted by atomic mass is 10.1. The fraction of sp³-hybridized carbons (Fsp3) is 0.318. The Bertz CT molecular complexity index is 1320. The van der Waals surface area contributed by atoms with E-state index in [1.165, 1.54) is 25.6 Å². The fourth-order valence-electron chi connectivity index (χ4n) is 3.86. The van der Waals surface area contributed by atoms with Crippen molar-refractivity contribution in [2.24, 2.45) is 0 Å². The highest BCUT2D eigenvalue weighted by molar-refractivity contribution is 7.92. The molecule has 0 unspecified atom stereocenters. The predicted molar refractivity (Wildman–Crippen MR) is 119 cm³/mol. The highest BCUT2D eigenvalue weighted by Crippen LogP contribution is 2.36. The quantitative estimate of drug-likeness (QED) is 0.193. The lowest BCUT2D eigenvalue weighted by molar-refractivity contribution is 0.356. The molecule has 0 saturated carbocycles. The normalized spacial score (nSPS) is 14.9. The molecule has 0 bridgehead atoms. The van der Waals surface area contributed by atoms with Gasteiger partial charge in [0.05, 0.1) is 25.2 Å². The highest BCUT2D eigenvalue weighted by atomic mass is 32.2. The van der Waals surface area contributed by atoms with Crippen molar-refractivity contribution >= 4 is 26.3 Å². The third kappa shape index (κ3) is 4.54. The van der Waals surface area contributed by atoms with E-state index in [2.05, 4.69) is 4.98 Å². The summed E-state index contributed by atoms with van der Waals surface area (Å²) in [6.45, 7) is 0.321. The molecule has 13 heteroatoms. The van der Waals surface area contributed by atoms with Crippen molar-refractivity contribution in [3.05, 3.63) is 52.7 Å². The molecular weight excluding hydrogens is 515 g/mol. The zero-order chi connectivity index (χ0) is 25.5. The second-order valence-electron chi connectivity index (χ2n) is 7.75. The summed E-state index contributed by atoms with van der Waals surface area (Å²) in [5.41, 5.74) is 1.38. The molecular formula is C22H19F5N2O4S2. The van der Waals surface area contributed by atoms with Crippen LogP contribution in [0, 0.1) is 29.1 Å². The Hall–Kier alpha value is -2.93. The van der Waals surface area contributed by atoms with Gasteiger partial charge in [-0.3, -0.25) is 0 Å². The van der Waals surface area contributed by atoms with Gasteiger partial charge < -0.3 is 14.4 Å². The molecule has 0 spiro atoms. The summed E-state index contributed by atoms with van der Waals surface area (Å²) in [4.78, 5) is 4.60. The summed E-state index contributed by atoms with van der Waals surface area (Å²) in [5.74, 6) is -10.5. The van der Waals surface area contributed by atoms with Gasteiger partial charge in [0.15, 0.2) is 38.2 Å². The number of anilines is 1. The van der Waals surface area contributed by atoms with Crippen molar-refractivity contribution in [3.63, 3.8) is 0 Å². The predicted octanol–water partition coefficient (Wildman–Crippen LogP) is 4.97. The van der Waals surface area contributed by atoms with Crippen LogP contribution in [0.1, 0.15) is 12.8 Å².